The molecule has 0 saturated carbocycles. The van der Waals surface area contributed by atoms with Gasteiger partial charge in [-0.1, -0.05) is 55.5 Å². The van der Waals surface area contributed by atoms with Gasteiger partial charge >= 0.3 is 5.97 Å². The Morgan fingerprint density at radius 2 is 1.74 bits per heavy atom. The summed E-state index contributed by atoms with van der Waals surface area (Å²) in [4.78, 5) is 12.7. The van der Waals surface area contributed by atoms with Crippen LogP contribution >= 0.6 is 0 Å². The smallest absolute Gasteiger partial charge is 0.335 e. The Morgan fingerprint density at radius 1 is 1.13 bits per heavy atom. The lowest BCUT2D eigenvalue weighted by Gasteiger charge is -2.30. The van der Waals surface area contributed by atoms with Gasteiger partial charge in [-0.25, -0.2) is 4.79 Å². The van der Waals surface area contributed by atoms with Gasteiger partial charge in [-0.15, -0.1) is 13.2 Å². The van der Waals surface area contributed by atoms with Crippen molar-refractivity contribution in [3.8, 4) is 0 Å². The van der Waals surface area contributed by atoms with Crippen LogP contribution in [0.4, 0.5) is 0 Å². The number of carbonyl (C=O) groups excluding carboxylic acids is 1. The van der Waals surface area contributed by atoms with Crippen molar-refractivity contribution in [1.29, 1.82) is 0 Å². The van der Waals surface area contributed by atoms with Gasteiger partial charge in [0.05, 0.1) is 0 Å². The Morgan fingerprint density at radius 3 is 2.22 bits per heavy atom. The molecule has 1 aromatic rings. The Balaban J connectivity index is 3.17. The van der Waals surface area contributed by atoms with E-state index in [-0.39, 0.29) is 5.97 Å². The van der Waals surface area contributed by atoms with Crippen molar-refractivity contribution in [2.24, 2.45) is 5.41 Å². The summed E-state index contributed by atoms with van der Waals surface area (Å²) in [6.45, 7) is 15.3. The maximum Gasteiger partial charge on any atom is 0.335 e. The SMILES string of the molecule is C=CC/C=C(\C(=O)OC(C)(C)C)[C@](C)(C=C)Cc1ccccc1. The summed E-state index contributed by atoms with van der Waals surface area (Å²) in [5, 5.41) is 0. The van der Waals surface area contributed by atoms with Gasteiger partial charge in [0.15, 0.2) is 0 Å². The Bertz CT molecular complexity index is 576. The fourth-order valence-electron chi connectivity index (χ4n) is 2.38. The minimum atomic E-state index is -0.529. The number of allylic oxidation sites excluding steroid dienone is 3. The van der Waals surface area contributed by atoms with Crippen LogP contribution in [-0.2, 0) is 16.0 Å². The van der Waals surface area contributed by atoms with E-state index in [1.54, 1.807) is 6.08 Å². The molecule has 0 N–H and O–H groups in total. The quantitative estimate of drug-likeness (QED) is 0.390. The average Bonchev–Trinajstić information content (AvgIpc) is 2.46. The molecule has 1 rings (SSSR count). The fourth-order valence-corrected chi connectivity index (χ4v) is 2.38. The number of hydrogen-bond acceptors (Lipinski definition) is 2. The van der Waals surface area contributed by atoms with Crippen LogP contribution < -0.4 is 0 Å². The van der Waals surface area contributed by atoms with Crippen molar-refractivity contribution in [3.05, 3.63) is 72.9 Å². The Hall–Kier alpha value is -2.09. The number of esters is 1. The predicted molar refractivity (Wildman–Crippen MR) is 97.2 cm³/mol. The molecule has 0 unspecified atom stereocenters. The van der Waals surface area contributed by atoms with Crippen LogP contribution in [0.5, 0.6) is 0 Å². The van der Waals surface area contributed by atoms with E-state index >= 15 is 0 Å². The summed E-state index contributed by atoms with van der Waals surface area (Å²) in [6, 6.07) is 10.1. The van der Waals surface area contributed by atoms with E-state index in [9.17, 15) is 4.79 Å². The van der Waals surface area contributed by atoms with E-state index < -0.39 is 11.0 Å². The van der Waals surface area contributed by atoms with Crippen LogP contribution in [0.25, 0.3) is 0 Å². The summed E-state index contributed by atoms with van der Waals surface area (Å²) >= 11 is 0. The summed E-state index contributed by atoms with van der Waals surface area (Å²) in [5.74, 6) is -0.294. The molecule has 0 bridgehead atoms. The molecule has 0 aliphatic rings. The van der Waals surface area contributed by atoms with Crippen molar-refractivity contribution < 1.29 is 9.53 Å². The number of benzene rings is 1. The van der Waals surface area contributed by atoms with Gasteiger partial charge < -0.3 is 4.74 Å². The first-order valence-corrected chi connectivity index (χ1v) is 7.94. The van der Waals surface area contributed by atoms with Gasteiger partial charge in [0.25, 0.3) is 0 Å². The lowest BCUT2D eigenvalue weighted by Crippen LogP contribution is -2.31. The van der Waals surface area contributed by atoms with Gasteiger partial charge in [-0.3, -0.25) is 0 Å². The van der Waals surface area contributed by atoms with Crippen LogP contribution in [0.15, 0.2) is 67.3 Å². The molecule has 0 aliphatic heterocycles. The Labute approximate surface area is 140 Å². The van der Waals surface area contributed by atoms with Gasteiger partial charge in [-0.2, -0.15) is 0 Å². The first-order chi connectivity index (χ1) is 10.7. The molecule has 2 heteroatoms. The zero-order valence-corrected chi connectivity index (χ0v) is 14.8. The molecule has 0 aliphatic carbocycles. The van der Waals surface area contributed by atoms with E-state index in [1.165, 1.54) is 0 Å². The summed E-state index contributed by atoms with van der Waals surface area (Å²) in [7, 11) is 0. The third-order valence-corrected chi connectivity index (χ3v) is 3.59. The summed E-state index contributed by atoms with van der Waals surface area (Å²) in [5.41, 5.74) is 0.764. The lowest BCUT2D eigenvalue weighted by molar-refractivity contribution is -0.150. The van der Waals surface area contributed by atoms with Crippen molar-refractivity contribution in [1.82, 2.24) is 0 Å². The van der Waals surface area contributed by atoms with Crippen molar-refractivity contribution in [3.63, 3.8) is 0 Å². The van der Waals surface area contributed by atoms with E-state index in [0.717, 1.165) is 5.56 Å². The molecule has 0 fully saturated rings. The first kappa shape index (κ1) is 19.0. The normalized spacial score (nSPS) is 14.7. The zero-order chi connectivity index (χ0) is 17.5. The molecular formula is C21H28O2. The number of carbonyl (C=O) groups is 1. The predicted octanol–water partition coefficient (Wildman–Crippen LogP) is 5.27. The number of hydrogen-bond donors (Lipinski definition) is 0. The molecule has 2 nitrogen and oxygen atoms in total. The third-order valence-electron chi connectivity index (χ3n) is 3.59. The van der Waals surface area contributed by atoms with E-state index in [2.05, 4.69) is 25.3 Å². The molecule has 0 heterocycles. The highest BCUT2D eigenvalue weighted by Gasteiger charge is 2.33. The molecule has 0 amide bonds. The highest BCUT2D eigenvalue weighted by Crippen LogP contribution is 2.34. The van der Waals surface area contributed by atoms with Crippen LogP contribution in [0.1, 0.15) is 39.7 Å². The highest BCUT2D eigenvalue weighted by molar-refractivity contribution is 5.90. The van der Waals surface area contributed by atoms with Gasteiger partial charge in [0.2, 0.25) is 0 Å². The second kappa shape index (κ2) is 7.96. The van der Waals surface area contributed by atoms with Crippen LogP contribution in [-0.4, -0.2) is 11.6 Å². The topological polar surface area (TPSA) is 26.3 Å². The van der Waals surface area contributed by atoms with E-state index in [0.29, 0.717) is 18.4 Å². The lowest BCUT2D eigenvalue weighted by atomic mass is 9.76. The number of ether oxygens (including phenoxy) is 1. The maximum absolute atomic E-state index is 12.7. The molecule has 0 spiro atoms. The molecule has 23 heavy (non-hydrogen) atoms. The van der Waals surface area contributed by atoms with Crippen LogP contribution in [0.2, 0.25) is 0 Å². The molecule has 0 aromatic heterocycles. The highest BCUT2D eigenvalue weighted by atomic mass is 16.6. The standard InChI is InChI=1S/C21H28O2/c1-7-9-15-18(19(22)23-20(3,4)5)21(6,8-2)16-17-13-11-10-12-14-17/h7-8,10-15H,1-2,9,16H2,3-6H3/b18-15+/t21-/m1/s1. The summed E-state index contributed by atoms with van der Waals surface area (Å²) in [6.07, 6.45) is 6.81. The average molecular weight is 312 g/mol. The van der Waals surface area contributed by atoms with Gasteiger partial charge in [-0.05, 0) is 39.2 Å². The molecule has 0 saturated heterocycles. The minimum absolute atomic E-state index is 0.294. The second-order valence-corrected chi connectivity index (χ2v) is 6.93. The molecule has 124 valence electrons. The van der Waals surface area contributed by atoms with Crippen molar-refractivity contribution >= 4 is 5.97 Å². The molecule has 1 aromatic carbocycles. The second-order valence-electron chi connectivity index (χ2n) is 6.93. The largest absolute Gasteiger partial charge is 0.457 e. The minimum Gasteiger partial charge on any atom is -0.457 e. The van der Waals surface area contributed by atoms with Gasteiger partial charge in [0, 0.05) is 11.0 Å². The van der Waals surface area contributed by atoms with E-state index in [1.807, 2.05) is 58.0 Å². The zero-order valence-electron chi connectivity index (χ0n) is 14.8. The Kier molecular flexibility index (Phi) is 6.56. The molecule has 0 radical (unpaired) electrons. The van der Waals surface area contributed by atoms with Crippen LogP contribution in [0.3, 0.4) is 0 Å². The third kappa shape index (κ3) is 5.90. The van der Waals surface area contributed by atoms with Crippen molar-refractivity contribution in [2.75, 3.05) is 0 Å². The summed E-state index contributed by atoms with van der Waals surface area (Å²) < 4.78 is 5.59. The number of rotatable bonds is 7. The first-order valence-electron chi connectivity index (χ1n) is 7.94. The molecular weight excluding hydrogens is 284 g/mol. The van der Waals surface area contributed by atoms with E-state index in [4.69, 9.17) is 4.74 Å². The maximum atomic E-state index is 12.7. The van der Waals surface area contributed by atoms with Crippen LogP contribution in [0, 0.1) is 5.41 Å². The van der Waals surface area contributed by atoms with Crippen molar-refractivity contribution in [2.45, 2.75) is 46.1 Å². The monoisotopic (exact) mass is 312 g/mol. The fraction of sp³-hybridized carbons (Fsp3) is 0.381. The molecule has 1 atom stereocenters. The van der Waals surface area contributed by atoms with Gasteiger partial charge in [0.1, 0.15) is 5.60 Å².